The summed E-state index contributed by atoms with van der Waals surface area (Å²) in [6.07, 6.45) is 4.70. The van der Waals surface area contributed by atoms with Gasteiger partial charge >= 0.3 is 0 Å². The number of carbonyl (C=O) groups is 1. The third-order valence-corrected chi connectivity index (χ3v) is 4.26. The van der Waals surface area contributed by atoms with E-state index in [0.717, 1.165) is 24.7 Å². The van der Waals surface area contributed by atoms with E-state index in [2.05, 4.69) is 17.1 Å². The van der Waals surface area contributed by atoms with Gasteiger partial charge < -0.3 is 4.90 Å². The second kappa shape index (κ2) is 3.34. The summed E-state index contributed by atoms with van der Waals surface area (Å²) in [5.74, 6) is 1.02. The Morgan fingerprint density at radius 2 is 2.62 bits per heavy atom. The van der Waals surface area contributed by atoms with Gasteiger partial charge in [-0.15, -0.1) is 0 Å². The van der Waals surface area contributed by atoms with Crippen LogP contribution >= 0.6 is 0 Å². The predicted octanol–water partition coefficient (Wildman–Crippen LogP) is 1.21. The van der Waals surface area contributed by atoms with Crippen LogP contribution in [0.2, 0.25) is 0 Å². The Hall–Kier alpha value is -1.32. The van der Waals surface area contributed by atoms with Gasteiger partial charge in [-0.1, -0.05) is 6.92 Å². The van der Waals surface area contributed by atoms with Crippen LogP contribution in [0.3, 0.4) is 0 Å². The second-order valence-electron chi connectivity index (χ2n) is 5.15. The number of rotatable bonds is 3. The second-order valence-corrected chi connectivity index (χ2v) is 5.15. The van der Waals surface area contributed by atoms with E-state index < -0.39 is 0 Å². The summed E-state index contributed by atoms with van der Waals surface area (Å²) in [6, 6.07) is 1.87. The van der Waals surface area contributed by atoms with E-state index in [4.69, 9.17) is 0 Å². The molecular formula is C12H17N3O. The lowest BCUT2D eigenvalue weighted by atomic mass is 10.0. The van der Waals surface area contributed by atoms with Gasteiger partial charge in [0.25, 0.3) is 0 Å². The van der Waals surface area contributed by atoms with Crippen molar-refractivity contribution in [2.24, 2.45) is 11.3 Å². The summed E-state index contributed by atoms with van der Waals surface area (Å²) >= 11 is 0. The molecule has 4 nitrogen and oxygen atoms in total. The fraction of sp³-hybridized carbons (Fsp3) is 0.667. The molecule has 1 aromatic rings. The van der Waals surface area contributed by atoms with E-state index in [1.165, 1.54) is 12.8 Å². The van der Waals surface area contributed by atoms with E-state index in [-0.39, 0.29) is 5.91 Å². The molecule has 1 saturated heterocycles. The Labute approximate surface area is 95.0 Å². The van der Waals surface area contributed by atoms with Crippen molar-refractivity contribution in [1.29, 1.82) is 0 Å². The van der Waals surface area contributed by atoms with E-state index in [1.54, 1.807) is 6.20 Å². The molecule has 0 spiro atoms. The summed E-state index contributed by atoms with van der Waals surface area (Å²) in [5.41, 5.74) is 1.40. The van der Waals surface area contributed by atoms with Crippen LogP contribution in [0.1, 0.15) is 25.5 Å². The first-order valence-electron chi connectivity index (χ1n) is 5.99. The molecule has 4 heteroatoms. The fourth-order valence-corrected chi connectivity index (χ4v) is 2.99. The summed E-state index contributed by atoms with van der Waals surface area (Å²) in [4.78, 5) is 14.0. The maximum Gasteiger partial charge on any atom is 0.228 e. The zero-order chi connectivity index (χ0) is 11.2. The lowest BCUT2D eigenvalue weighted by Gasteiger charge is -2.20. The number of aromatic amines is 1. The number of aromatic nitrogens is 2. The highest BCUT2D eigenvalue weighted by Gasteiger charge is 2.59. The molecule has 1 aliphatic carbocycles. The quantitative estimate of drug-likeness (QED) is 0.830. The molecule has 0 bridgehead atoms. The van der Waals surface area contributed by atoms with E-state index in [0.29, 0.717) is 11.8 Å². The molecule has 2 heterocycles. The van der Waals surface area contributed by atoms with Crippen molar-refractivity contribution >= 4 is 5.91 Å². The Balaban J connectivity index is 1.61. The van der Waals surface area contributed by atoms with Crippen LogP contribution in [0.25, 0.3) is 0 Å². The molecule has 1 aromatic heterocycles. The lowest BCUT2D eigenvalue weighted by molar-refractivity contribution is -0.130. The van der Waals surface area contributed by atoms with Crippen LogP contribution in [-0.4, -0.2) is 34.1 Å². The van der Waals surface area contributed by atoms with Gasteiger partial charge in [-0.25, -0.2) is 0 Å². The van der Waals surface area contributed by atoms with Gasteiger partial charge in [0.15, 0.2) is 0 Å². The molecule has 1 amide bonds. The van der Waals surface area contributed by atoms with Gasteiger partial charge in [0.05, 0.1) is 6.42 Å². The van der Waals surface area contributed by atoms with Crippen LogP contribution in [0.4, 0.5) is 0 Å². The van der Waals surface area contributed by atoms with E-state index >= 15 is 0 Å². The van der Waals surface area contributed by atoms with Gasteiger partial charge in [0, 0.05) is 25.0 Å². The minimum Gasteiger partial charge on any atom is -0.341 e. The zero-order valence-electron chi connectivity index (χ0n) is 9.57. The summed E-state index contributed by atoms with van der Waals surface area (Å²) in [5, 5.41) is 6.70. The van der Waals surface area contributed by atoms with Crippen LogP contribution < -0.4 is 0 Å². The summed E-state index contributed by atoms with van der Waals surface area (Å²) in [7, 11) is 0. The normalized spacial score (nSPS) is 31.6. The Morgan fingerprint density at radius 1 is 1.75 bits per heavy atom. The molecule has 2 atom stereocenters. The molecule has 2 aliphatic rings. The average molecular weight is 219 g/mol. The monoisotopic (exact) mass is 219 g/mol. The number of nitrogens with zero attached hydrogens (tertiary/aromatic N) is 2. The zero-order valence-corrected chi connectivity index (χ0v) is 9.57. The van der Waals surface area contributed by atoms with Crippen LogP contribution in [0.15, 0.2) is 12.3 Å². The molecule has 2 fully saturated rings. The Morgan fingerprint density at radius 3 is 3.25 bits per heavy atom. The van der Waals surface area contributed by atoms with Gasteiger partial charge in [0.2, 0.25) is 5.91 Å². The Bertz CT molecular complexity index is 396. The van der Waals surface area contributed by atoms with Crippen LogP contribution in [0.5, 0.6) is 0 Å². The topological polar surface area (TPSA) is 49.0 Å². The van der Waals surface area contributed by atoms with Gasteiger partial charge in [-0.2, -0.15) is 5.10 Å². The van der Waals surface area contributed by atoms with Crippen molar-refractivity contribution in [2.75, 3.05) is 13.1 Å². The van der Waals surface area contributed by atoms with Gasteiger partial charge in [0.1, 0.15) is 0 Å². The maximum atomic E-state index is 12.0. The molecule has 0 radical (unpaired) electrons. The number of H-pyrrole nitrogens is 1. The fourth-order valence-electron chi connectivity index (χ4n) is 2.99. The van der Waals surface area contributed by atoms with Crippen molar-refractivity contribution in [3.8, 4) is 0 Å². The largest absolute Gasteiger partial charge is 0.341 e. The standard InChI is InChI=1S/C12H17N3O/c1-2-12-6-9(12)7-15(8-12)11(16)5-10-3-4-13-14-10/h3-4,9H,2,5-8H2,1H3,(H,13,14). The smallest absolute Gasteiger partial charge is 0.228 e. The average Bonchev–Trinajstić information content (AvgIpc) is 2.72. The van der Waals surface area contributed by atoms with Gasteiger partial charge in [-0.3, -0.25) is 9.89 Å². The van der Waals surface area contributed by atoms with Crippen molar-refractivity contribution in [3.63, 3.8) is 0 Å². The number of hydrogen-bond acceptors (Lipinski definition) is 2. The maximum absolute atomic E-state index is 12.0. The molecular weight excluding hydrogens is 202 g/mol. The first-order valence-corrected chi connectivity index (χ1v) is 5.99. The molecule has 16 heavy (non-hydrogen) atoms. The molecule has 2 unspecified atom stereocenters. The highest BCUT2D eigenvalue weighted by Crippen LogP contribution is 2.59. The number of nitrogens with one attached hydrogen (secondary N) is 1. The van der Waals surface area contributed by atoms with Crippen molar-refractivity contribution < 1.29 is 4.79 Å². The van der Waals surface area contributed by atoms with Crippen molar-refractivity contribution in [1.82, 2.24) is 15.1 Å². The summed E-state index contributed by atoms with van der Waals surface area (Å²) < 4.78 is 0. The first kappa shape index (κ1) is 9.87. The minimum absolute atomic E-state index is 0.240. The van der Waals surface area contributed by atoms with Gasteiger partial charge in [-0.05, 0) is 30.2 Å². The highest BCUT2D eigenvalue weighted by molar-refractivity contribution is 5.79. The van der Waals surface area contributed by atoms with Crippen molar-refractivity contribution in [3.05, 3.63) is 18.0 Å². The van der Waals surface area contributed by atoms with E-state index in [9.17, 15) is 4.79 Å². The Kier molecular flexibility index (Phi) is 2.06. The predicted molar refractivity (Wildman–Crippen MR) is 59.7 cm³/mol. The van der Waals surface area contributed by atoms with E-state index in [1.807, 2.05) is 11.0 Å². The number of fused-ring (bicyclic) bond motifs is 1. The van der Waals surface area contributed by atoms with Crippen LogP contribution in [0, 0.1) is 11.3 Å². The molecule has 1 N–H and O–H groups in total. The molecule has 1 saturated carbocycles. The highest BCUT2D eigenvalue weighted by atomic mass is 16.2. The number of piperidine rings is 1. The molecule has 3 rings (SSSR count). The molecule has 86 valence electrons. The third-order valence-electron chi connectivity index (χ3n) is 4.26. The number of carbonyl (C=O) groups excluding carboxylic acids is 1. The third kappa shape index (κ3) is 1.44. The first-order chi connectivity index (χ1) is 7.73. The molecule has 0 aromatic carbocycles. The minimum atomic E-state index is 0.240. The summed E-state index contributed by atoms with van der Waals surface area (Å²) in [6.45, 7) is 4.19. The number of hydrogen-bond donors (Lipinski definition) is 1. The van der Waals surface area contributed by atoms with Crippen molar-refractivity contribution in [2.45, 2.75) is 26.2 Å². The SMILES string of the molecule is CCC12CC1CN(C(=O)Cc1ccn[nH]1)C2. The number of amides is 1. The molecule has 1 aliphatic heterocycles. The lowest BCUT2D eigenvalue weighted by Crippen LogP contribution is -2.33. The number of likely N-dealkylation sites (tertiary alicyclic amines) is 1. The van der Waals surface area contributed by atoms with Crippen LogP contribution in [-0.2, 0) is 11.2 Å².